The molecule has 0 aromatic carbocycles. The standard InChI is InChI=1S/C18H14ClF4N9O/c1-9(7-11(19)16(25-2)32-26-5-6-27-32)29-17(33)10-8-28-31(14(10)18(21,22)23)13-4-3-12(20)15(24)30-13/h3-8H,2H2,1H3,(H2,24,30)(H,29,33)/b9-7+,16-11-. The van der Waals surface area contributed by atoms with Crippen LogP contribution in [0.1, 0.15) is 23.0 Å². The molecule has 0 unspecified atom stereocenters. The van der Waals surface area contributed by atoms with Crippen molar-refractivity contribution in [3.8, 4) is 5.82 Å². The second-order valence-corrected chi connectivity index (χ2v) is 6.69. The highest BCUT2D eigenvalue weighted by Crippen LogP contribution is 2.33. The van der Waals surface area contributed by atoms with E-state index in [2.05, 4.69) is 37.3 Å². The van der Waals surface area contributed by atoms with Crippen molar-refractivity contribution in [1.82, 2.24) is 35.1 Å². The molecule has 172 valence electrons. The second kappa shape index (κ2) is 9.20. The maximum absolute atomic E-state index is 13.8. The number of hydrogen-bond donors (Lipinski definition) is 2. The SMILES string of the molecule is C=N/C(=C(Cl)\C=C(/C)NC(=O)c1cnn(-c2ccc(F)c(N)n2)c1C(F)(F)F)n1nccn1. The van der Waals surface area contributed by atoms with E-state index in [0.717, 1.165) is 16.9 Å². The molecule has 3 aromatic rings. The van der Waals surface area contributed by atoms with Gasteiger partial charge in [-0.15, -0.1) is 4.80 Å². The number of nitrogens with two attached hydrogens (primary N) is 1. The number of nitrogen functional groups attached to an aromatic ring is 1. The van der Waals surface area contributed by atoms with Crippen molar-refractivity contribution in [3.63, 3.8) is 0 Å². The molecule has 0 radical (unpaired) electrons. The third-order valence-electron chi connectivity index (χ3n) is 3.98. The Bertz CT molecular complexity index is 1260. The summed E-state index contributed by atoms with van der Waals surface area (Å²) < 4.78 is 55.0. The van der Waals surface area contributed by atoms with Gasteiger partial charge in [0.2, 0.25) is 0 Å². The second-order valence-electron chi connectivity index (χ2n) is 6.28. The van der Waals surface area contributed by atoms with E-state index < -0.39 is 40.8 Å². The van der Waals surface area contributed by atoms with Crippen LogP contribution in [-0.2, 0) is 6.18 Å². The molecule has 3 heterocycles. The number of carbonyl (C=O) groups excluding carboxylic acids is 1. The number of rotatable bonds is 6. The van der Waals surface area contributed by atoms with E-state index >= 15 is 0 Å². The lowest BCUT2D eigenvalue weighted by Crippen LogP contribution is -2.25. The van der Waals surface area contributed by atoms with Gasteiger partial charge in [-0.3, -0.25) is 4.79 Å². The Balaban J connectivity index is 1.95. The van der Waals surface area contributed by atoms with E-state index in [0.29, 0.717) is 10.9 Å². The predicted molar refractivity (Wildman–Crippen MR) is 111 cm³/mol. The molecule has 0 atom stereocenters. The summed E-state index contributed by atoms with van der Waals surface area (Å²) in [5, 5.41) is 13.5. The number of anilines is 1. The van der Waals surface area contributed by atoms with Crippen LogP contribution in [0.3, 0.4) is 0 Å². The van der Waals surface area contributed by atoms with Gasteiger partial charge in [-0.1, -0.05) is 11.6 Å². The fraction of sp³-hybridized carbons (Fsp3) is 0.111. The fourth-order valence-corrected chi connectivity index (χ4v) is 2.92. The molecule has 3 N–H and O–H groups in total. The first-order chi connectivity index (χ1) is 15.5. The highest BCUT2D eigenvalue weighted by atomic mass is 35.5. The number of hydrogen-bond acceptors (Lipinski definition) is 7. The molecule has 1 amide bonds. The van der Waals surface area contributed by atoms with Gasteiger partial charge in [0.15, 0.2) is 29.0 Å². The molecule has 0 aliphatic heterocycles. The molecule has 33 heavy (non-hydrogen) atoms. The zero-order chi connectivity index (χ0) is 24.3. The minimum atomic E-state index is -5.01. The number of nitrogens with zero attached hydrogens (tertiary/aromatic N) is 7. The number of pyridine rings is 1. The van der Waals surface area contributed by atoms with Crippen LogP contribution in [0.5, 0.6) is 0 Å². The molecule has 0 saturated carbocycles. The summed E-state index contributed by atoms with van der Waals surface area (Å²) in [7, 11) is 0. The zero-order valence-electron chi connectivity index (χ0n) is 16.7. The predicted octanol–water partition coefficient (Wildman–Crippen LogP) is 3.00. The monoisotopic (exact) mass is 483 g/mol. The van der Waals surface area contributed by atoms with Gasteiger partial charge in [-0.05, 0) is 31.9 Å². The zero-order valence-corrected chi connectivity index (χ0v) is 17.4. The Labute approximate surface area is 188 Å². The minimum Gasteiger partial charge on any atom is -0.381 e. The highest BCUT2D eigenvalue weighted by Gasteiger charge is 2.41. The lowest BCUT2D eigenvalue weighted by molar-refractivity contribution is -0.143. The average Bonchev–Trinajstić information content (AvgIpc) is 3.40. The molecule has 3 rings (SSSR count). The molecule has 15 heteroatoms. The van der Waals surface area contributed by atoms with E-state index in [4.69, 9.17) is 17.3 Å². The van der Waals surface area contributed by atoms with Crippen LogP contribution in [0.25, 0.3) is 11.6 Å². The molecule has 3 aromatic heterocycles. The summed E-state index contributed by atoms with van der Waals surface area (Å²) in [6.45, 7) is 4.74. The van der Waals surface area contributed by atoms with Crippen LogP contribution in [0.4, 0.5) is 23.4 Å². The van der Waals surface area contributed by atoms with Crippen molar-refractivity contribution in [2.24, 2.45) is 4.99 Å². The molecule has 0 aliphatic rings. The molecule has 0 fully saturated rings. The largest absolute Gasteiger partial charge is 0.434 e. The highest BCUT2D eigenvalue weighted by molar-refractivity contribution is 6.33. The van der Waals surface area contributed by atoms with E-state index in [1.807, 2.05) is 0 Å². The van der Waals surface area contributed by atoms with Crippen molar-refractivity contribution < 1.29 is 22.4 Å². The third-order valence-corrected chi connectivity index (χ3v) is 4.26. The van der Waals surface area contributed by atoms with Gasteiger partial charge in [0.25, 0.3) is 5.91 Å². The Morgan fingerprint density at radius 2 is 1.94 bits per heavy atom. The average molecular weight is 484 g/mol. The molecule has 0 saturated heterocycles. The third kappa shape index (κ3) is 5.06. The summed E-state index contributed by atoms with van der Waals surface area (Å²) in [5.41, 5.74) is 3.17. The Hall–Kier alpha value is -4.07. The summed E-state index contributed by atoms with van der Waals surface area (Å²) >= 11 is 6.15. The van der Waals surface area contributed by atoms with E-state index in [1.165, 1.54) is 25.4 Å². The van der Waals surface area contributed by atoms with Crippen molar-refractivity contribution in [1.29, 1.82) is 0 Å². The summed E-state index contributed by atoms with van der Waals surface area (Å²) in [5.74, 6) is -3.07. The van der Waals surface area contributed by atoms with Gasteiger partial charge >= 0.3 is 6.18 Å². The van der Waals surface area contributed by atoms with Crippen LogP contribution in [-0.4, -0.2) is 42.4 Å². The lowest BCUT2D eigenvalue weighted by Gasteiger charge is -2.13. The number of nitrogens with one attached hydrogen (secondary N) is 1. The summed E-state index contributed by atoms with van der Waals surface area (Å²) in [4.78, 5) is 20.9. The molecule has 10 nitrogen and oxygen atoms in total. The summed E-state index contributed by atoms with van der Waals surface area (Å²) in [6.07, 6.45) is -0.336. The Kier molecular flexibility index (Phi) is 6.57. The quantitative estimate of drug-likeness (QED) is 0.315. The van der Waals surface area contributed by atoms with E-state index in [9.17, 15) is 22.4 Å². The normalized spacial score (nSPS) is 13.0. The first-order valence-electron chi connectivity index (χ1n) is 8.83. The van der Waals surface area contributed by atoms with Gasteiger partial charge in [-0.25, -0.2) is 19.0 Å². The van der Waals surface area contributed by atoms with Crippen molar-refractivity contribution in [2.45, 2.75) is 13.1 Å². The molecule has 0 bridgehead atoms. The molecular formula is C18H14ClF4N9O. The number of allylic oxidation sites excluding steroid dienone is 3. The smallest absolute Gasteiger partial charge is 0.381 e. The number of aliphatic imine (C=N–C) groups is 1. The van der Waals surface area contributed by atoms with Crippen LogP contribution in [0.15, 0.2) is 52.5 Å². The molecule has 0 spiro atoms. The van der Waals surface area contributed by atoms with Gasteiger partial charge in [0.05, 0.1) is 29.2 Å². The van der Waals surface area contributed by atoms with Crippen molar-refractivity contribution in [2.75, 3.05) is 5.73 Å². The van der Waals surface area contributed by atoms with Crippen LogP contribution >= 0.6 is 11.6 Å². The first kappa shape index (κ1) is 23.6. The number of halogens is 5. The van der Waals surface area contributed by atoms with Crippen LogP contribution in [0, 0.1) is 5.82 Å². The summed E-state index contributed by atoms with van der Waals surface area (Å²) in [6, 6.07) is 1.78. The molecule has 0 aliphatic carbocycles. The van der Waals surface area contributed by atoms with Gasteiger partial charge in [0.1, 0.15) is 0 Å². The van der Waals surface area contributed by atoms with Gasteiger partial charge in [0, 0.05) is 5.70 Å². The number of alkyl halides is 3. The lowest BCUT2D eigenvalue weighted by atomic mass is 10.2. The molecular weight excluding hydrogens is 470 g/mol. The van der Waals surface area contributed by atoms with E-state index in [1.54, 1.807) is 0 Å². The minimum absolute atomic E-state index is 0.0269. The Morgan fingerprint density at radius 1 is 1.27 bits per heavy atom. The number of aromatic nitrogens is 6. The number of carbonyl (C=O) groups is 1. The fourth-order valence-electron chi connectivity index (χ4n) is 2.62. The Morgan fingerprint density at radius 3 is 2.52 bits per heavy atom. The first-order valence-corrected chi connectivity index (χ1v) is 9.21. The van der Waals surface area contributed by atoms with Crippen molar-refractivity contribution in [3.05, 3.63) is 64.6 Å². The number of amides is 1. The van der Waals surface area contributed by atoms with Crippen LogP contribution < -0.4 is 11.1 Å². The van der Waals surface area contributed by atoms with E-state index in [-0.39, 0.29) is 16.6 Å². The van der Waals surface area contributed by atoms with Gasteiger partial charge in [-0.2, -0.15) is 28.5 Å². The van der Waals surface area contributed by atoms with Crippen molar-refractivity contribution >= 4 is 35.9 Å². The maximum atomic E-state index is 13.8. The topological polar surface area (TPSA) is 129 Å². The van der Waals surface area contributed by atoms with Gasteiger partial charge < -0.3 is 11.1 Å². The van der Waals surface area contributed by atoms with Crippen LogP contribution in [0.2, 0.25) is 0 Å². The maximum Gasteiger partial charge on any atom is 0.434 e.